The second-order valence-corrected chi connectivity index (χ2v) is 4.81. The SMILES string of the molecule is CN(C)c1ccc(N)cc1C(=O)Nc1ccc(C#N)cc1. The predicted octanol–water partition coefficient (Wildman–Crippen LogP) is 2.46. The highest BCUT2D eigenvalue weighted by molar-refractivity contribution is 6.08. The molecule has 1 amide bonds. The molecule has 0 heterocycles. The van der Waals surface area contributed by atoms with Crippen LogP contribution in [0.2, 0.25) is 0 Å². The van der Waals surface area contributed by atoms with Crippen molar-refractivity contribution in [2.45, 2.75) is 0 Å². The topological polar surface area (TPSA) is 82.2 Å². The average molecular weight is 280 g/mol. The highest BCUT2D eigenvalue weighted by atomic mass is 16.1. The number of anilines is 3. The number of benzene rings is 2. The zero-order valence-electron chi connectivity index (χ0n) is 11.9. The molecule has 0 bridgehead atoms. The molecule has 0 saturated heterocycles. The maximum atomic E-state index is 12.4. The molecule has 0 aliphatic carbocycles. The van der Waals surface area contributed by atoms with E-state index in [1.54, 1.807) is 36.4 Å². The van der Waals surface area contributed by atoms with Crippen molar-refractivity contribution in [2.24, 2.45) is 0 Å². The molecule has 2 aromatic rings. The molecular weight excluding hydrogens is 264 g/mol. The van der Waals surface area contributed by atoms with Crippen molar-refractivity contribution in [2.75, 3.05) is 30.0 Å². The van der Waals surface area contributed by atoms with Gasteiger partial charge in [0.25, 0.3) is 5.91 Å². The van der Waals surface area contributed by atoms with E-state index in [-0.39, 0.29) is 5.91 Å². The Labute approximate surface area is 123 Å². The molecule has 3 N–H and O–H groups in total. The number of hydrogen-bond donors (Lipinski definition) is 2. The van der Waals surface area contributed by atoms with Crippen LogP contribution in [0.3, 0.4) is 0 Å². The fourth-order valence-corrected chi connectivity index (χ4v) is 1.95. The zero-order valence-corrected chi connectivity index (χ0v) is 11.9. The summed E-state index contributed by atoms with van der Waals surface area (Å²) in [4.78, 5) is 14.2. The van der Waals surface area contributed by atoms with Gasteiger partial charge in [-0.15, -0.1) is 0 Å². The number of carbonyl (C=O) groups excluding carboxylic acids is 1. The Balaban J connectivity index is 2.27. The number of hydrogen-bond acceptors (Lipinski definition) is 4. The minimum Gasteiger partial charge on any atom is -0.399 e. The Morgan fingerprint density at radius 3 is 2.43 bits per heavy atom. The molecule has 0 unspecified atom stereocenters. The summed E-state index contributed by atoms with van der Waals surface area (Å²) >= 11 is 0. The summed E-state index contributed by atoms with van der Waals surface area (Å²) in [7, 11) is 3.73. The number of amides is 1. The fourth-order valence-electron chi connectivity index (χ4n) is 1.95. The van der Waals surface area contributed by atoms with E-state index in [4.69, 9.17) is 11.0 Å². The van der Waals surface area contributed by atoms with E-state index >= 15 is 0 Å². The van der Waals surface area contributed by atoms with Crippen LogP contribution in [0.1, 0.15) is 15.9 Å². The van der Waals surface area contributed by atoms with Crippen molar-refractivity contribution < 1.29 is 4.79 Å². The molecule has 106 valence electrons. The van der Waals surface area contributed by atoms with Gasteiger partial charge in [-0.25, -0.2) is 0 Å². The lowest BCUT2D eigenvalue weighted by Crippen LogP contribution is -2.18. The number of nitriles is 1. The van der Waals surface area contributed by atoms with Gasteiger partial charge in [0.1, 0.15) is 0 Å². The molecule has 21 heavy (non-hydrogen) atoms. The van der Waals surface area contributed by atoms with Crippen LogP contribution in [0, 0.1) is 11.3 Å². The predicted molar refractivity (Wildman–Crippen MR) is 84.3 cm³/mol. The summed E-state index contributed by atoms with van der Waals surface area (Å²) in [5.41, 5.74) is 8.76. The Kier molecular flexibility index (Phi) is 4.10. The summed E-state index contributed by atoms with van der Waals surface area (Å²) in [5.74, 6) is -0.240. The molecular formula is C16H16N4O. The number of rotatable bonds is 3. The van der Waals surface area contributed by atoms with Crippen LogP contribution in [0.25, 0.3) is 0 Å². The Bertz CT molecular complexity index is 699. The molecule has 0 radical (unpaired) electrons. The maximum Gasteiger partial charge on any atom is 0.257 e. The van der Waals surface area contributed by atoms with E-state index in [0.29, 0.717) is 22.5 Å². The van der Waals surface area contributed by atoms with Crippen LogP contribution in [-0.2, 0) is 0 Å². The van der Waals surface area contributed by atoms with Gasteiger partial charge in [-0.3, -0.25) is 4.79 Å². The van der Waals surface area contributed by atoms with Crippen LogP contribution in [-0.4, -0.2) is 20.0 Å². The third-order valence-electron chi connectivity index (χ3n) is 3.02. The lowest BCUT2D eigenvalue weighted by Gasteiger charge is -2.17. The van der Waals surface area contributed by atoms with Crippen molar-refractivity contribution in [1.82, 2.24) is 0 Å². The van der Waals surface area contributed by atoms with Gasteiger partial charge in [-0.05, 0) is 42.5 Å². The number of nitrogen functional groups attached to an aromatic ring is 1. The van der Waals surface area contributed by atoms with Crippen LogP contribution in [0.4, 0.5) is 17.1 Å². The molecule has 0 aliphatic rings. The molecule has 5 heteroatoms. The van der Waals surface area contributed by atoms with Crippen molar-refractivity contribution in [3.8, 4) is 6.07 Å². The van der Waals surface area contributed by atoms with Crippen molar-refractivity contribution in [3.63, 3.8) is 0 Å². The van der Waals surface area contributed by atoms with Gasteiger partial charge in [0, 0.05) is 31.2 Å². The van der Waals surface area contributed by atoms with E-state index in [2.05, 4.69) is 5.32 Å². The zero-order chi connectivity index (χ0) is 15.4. The standard InChI is InChI=1S/C16H16N4O/c1-20(2)15-8-5-12(18)9-14(15)16(21)19-13-6-3-11(10-17)4-7-13/h3-9H,18H2,1-2H3,(H,19,21). The normalized spacial score (nSPS) is 9.76. The molecule has 0 saturated carbocycles. The number of nitrogens with two attached hydrogens (primary N) is 1. The Morgan fingerprint density at radius 1 is 1.19 bits per heavy atom. The van der Waals surface area contributed by atoms with Gasteiger partial charge in [0.15, 0.2) is 0 Å². The van der Waals surface area contributed by atoms with Gasteiger partial charge in [0.2, 0.25) is 0 Å². The van der Waals surface area contributed by atoms with Gasteiger partial charge in [-0.2, -0.15) is 5.26 Å². The molecule has 0 aliphatic heterocycles. The van der Waals surface area contributed by atoms with E-state index in [9.17, 15) is 4.79 Å². The monoisotopic (exact) mass is 280 g/mol. The van der Waals surface area contributed by atoms with Crippen molar-refractivity contribution >= 4 is 23.0 Å². The van der Waals surface area contributed by atoms with Gasteiger partial charge in [-0.1, -0.05) is 0 Å². The summed E-state index contributed by atoms with van der Waals surface area (Å²) in [5, 5.41) is 11.6. The summed E-state index contributed by atoms with van der Waals surface area (Å²) in [6.07, 6.45) is 0. The number of nitrogens with zero attached hydrogens (tertiary/aromatic N) is 2. The first-order chi connectivity index (χ1) is 10.0. The van der Waals surface area contributed by atoms with Gasteiger partial charge < -0.3 is 16.0 Å². The third-order valence-corrected chi connectivity index (χ3v) is 3.02. The second-order valence-electron chi connectivity index (χ2n) is 4.81. The van der Waals surface area contributed by atoms with Crippen LogP contribution >= 0.6 is 0 Å². The molecule has 2 rings (SSSR count). The first-order valence-electron chi connectivity index (χ1n) is 6.39. The second kappa shape index (κ2) is 5.97. The highest BCUT2D eigenvalue weighted by Gasteiger charge is 2.13. The molecule has 0 spiro atoms. The summed E-state index contributed by atoms with van der Waals surface area (Å²) < 4.78 is 0. The quantitative estimate of drug-likeness (QED) is 0.846. The minimum atomic E-state index is -0.240. The first-order valence-corrected chi connectivity index (χ1v) is 6.39. The summed E-state index contributed by atoms with van der Waals surface area (Å²) in [6.45, 7) is 0. The lowest BCUT2D eigenvalue weighted by molar-refractivity contribution is 0.102. The largest absolute Gasteiger partial charge is 0.399 e. The van der Waals surface area contributed by atoms with Crippen molar-refractivity contribution in [1.29, 1.82) is 5.26 Å². The molecule has 0 fully saturated rings. The van der Waals surface area contributed by atoms with Crippen LogP contribution < -0.4 is 16.0 Å². The molecule has 5 nitrogen and oxygen atoms in total. The van der Waals surface area contributed by atoms with Crippen LogP contribution in [0.15, 0.2) is 42.5 Å². The average Bonchev–Trinajstić information content (AvgIpc) is 2.47. The third kappa shape index (κ3) is 3.31. The summed E-state index contributed by atoms with van der Waals surface area (Å²) in [6, 6.07) is 13.9. The van der Waals surface area contributed by atoms with Gasteiger partial charge >= 0.3 is 0 Å². The maximum absolute atomic E-state index is 12.4. The van der Waals surface area contributed by atoms with E-state index in [1.165, 1.54) is 0 Å². The molecule has 0 aromatic heterocycles. The highest BCUT2D eigenvalue weighted by Crippen LogP contribution is 2.22. The Hall–Kier alpha value is -3.00. The smallest absolute Gasteiger partial charge is 0.257 e. The van der Waals surface area contributed by atoms with Crippen molar-refractivity contribution in [3.05, 3.63) is 53.6 Å². The van der Waals surface area contributed by atoms with E-state index in [1.807, 2.05) is 31.1 Å². The number of nitrogens with one attached hydrogen (secondary N) is 1. The Morgan fingerprint density at radius 2 is 1.86 bits per heavy atom. The number of carbonyl (C=O) groups is 1. The van der Waals surface area contributed by atoms with Gasteiger partial charge in [0.05, 0.1) is 17.2 Å². The van der Waals surface area contributed by atoms with E-state index in [0.717, 1.165) is 5.69 Å². The fraction of sp³-hybridized carbons (Fsp3) is 0.125. The first kappa shape index (κ1) is 14.4. The molecule has 0 atom stereocenters. The minimum absolute atomic E-state index is 0.240. The molecule has 2 aromatic carbocycles. The lowest BCUT2D eigenvalue weighted by atomic mass is 10.1. The van der Waals surface area contributed by atoms with E-state index < -0.39 is 0 Å². The van der Waals surface area contributed by atoms with Crippen LogP contribution in [0.5, 0.6) is 0 Å².